The number of methoxy groups -OCH3 is 1. The quantitative estimate of drug-likeness (QED) is 0.568. The molecule has 18 heavy (non-hydrogen) atoms. The van der Waals surface area contributed by atoms with E-state index in [0.717, 1.165) is 16.0 Å². The SMILES string of the molecule is COCCN(C=O)C(=O)C=C(C)c1ccccc1. The second-order valence-electron chi connectivity index (χ2n) is 3.82. The highest BCUT2D eigenvalue weighted by Gasteiger charge is 2.10. The van der Waals surface area contributed by atoms with Gasteiger partial charge in [-0.3, -0.25) is 14.5 Å². The van der Waals surface area contributed by atoms with E-state index in [1.807, 2.05) is 37.3 Å². The van der Waals surface area contributed by atoms with Gasteiger partial charge in [0, 0.05) is 13.2 Å². The Labute approximate surface area is 107 Å². The minimum absolute atomic E-state index is 0.261. The van der Waals surface area contributed by atoms with Crippen molar-refractivity contribution in [3.63, 3.8) is 0 Å². The summed E-state index contributed by atoms with van der Waals surface area (Å²) in [6.07, 6.45) is 1.98. The van der Waals surface area contributed by atoms with E-state index < -0.39 is 0 Å². The molecule has 0 radical (unpaired) electrons. The minimum Gasteiger partial charge on any atom is -0.383 e. The van der Waals surface area contributed by atoms with E-state index in [1.54, 1.807) is 0 Å². The van der Waals surface area contributed by atoms with E-state index in [4.69, 9.17) is 4.74 Å². The summed E-state index contributed by atoms with van der Waals surface area (Å²) in [4.78, 5) is 23.7. The van der Waals surface area contributed by atoms with Gasteiger partial charge < -0.3 is 4.74 Å². The van der Waals surface area contributed by atoms with Gasteiger partial charge in [-0.25, -0.2) is 0 Å². The van der Waals surface area contributed by atoms with Gasteiger partial charge in [0.25, 0.3) is 5.91 Å². The number of benzene rings is 1. The molecule has 0 aliphatic rings. The summed E-state index contributed by atoms with van der Waals surface area (Å²) in [5.74, 6) is -0.330. The van der Waals surface area contributed by atoms with Gasteiger partial charge in [-0.1, -0.05) is 30.3 Å². The number of imide groups is 1. The van der Waals surface area contributed by atoms with Crippen molar-refractivity contribution in [3.8, 4) is 0 Å². The Kier molecular flexibility index (Phi) is 5.80. The summed E-state index contributed by atoms with van der Waals surface area (Å²) in [6.45, 7) is 2.44. The Morgan fingerprint density at radius 1 is 1.33 bits per heavy atom. The average Bonchev–Trinajstić information content (AvgIpc) is 2.40. The molecule has 0 N–H and O–H groups in total. The van der Waals surface area contributed by atoms with Crippen LogP contribution in [0.15, 0.2) is 36.4 Å². The normalized spacial score (nSPS) is 11.1. The van der Waals surface area contributed by atoms with E-state index in [0.29, 0.717) is 13.0 Å². The molecule has 2 amide bonds. The molecule has 1 aromatic carbocycles. The van der Waals surface area contributed by atoms with Crippen LogP contribution in [0.25, 0.3) is 5.57 Å². The van der Waals surface area contributed by atoms with E-state index in [2.05, 4.69) is 0 Å². The molecule has 0 atom stereocenters. The van der Waals surface area contributed by atoms with Crippen LogP contribution in [0.1, 0.15) is 12.5 Å². The molecule has 96 valence electrons. The average molecular weight is 247 g/mol. The van der Waals surface area contributed by atoms with Crippen molar-refractivity contribution >= 4 is 17.9 Å². The maximum atomic E-state index is 11.8. The summed E-state index contributed by atoms with van der Waals surface area (Å²) in [5.41, 5.74) is 1.79. The highest BCUT2D eigenvalue weighted by molar-refractivity contribution is 5.99. The topological polar surface area (TPSA) is 46.6 Å². The number of hydrogen-bond acceptors (Lipinski definition) is 3. The van der Waals surface area contributed by atoms with Crippen molar-refractivity contribution in [2.24, 2.45) is 0 Å². The minimum atomic E-state index is -0.330. The van der Waals surface area contributed by atoms with Gasteiger partial charge in [-0.15, -0.1) is 0 Å². The summed E-state index contributed by atoms with van der Waals surface area (Å²) in [5, 5.41) is 0. The van der Waals surface area contributed by atoms with Crippen LogP contribution in [0.3, 0.4) is 0 Å². The largest absolute Gasteiger partial charge is 0.383 e. The molecule has 4 heteroatoms. The Hall–Kier alpha value is -1.94. The Balaban J connectivity index is 2.75. The third-order valence-corrected chi connectivity index (χ3v) is 2.52. The monoisotopic (exact) mass is 247 g/mol. The van der Waals surface area contributed by atoms with Crippen LogP contribution in [0.4, 0.5) is 0 Å². The molecule has 0 spiro atoms. The van der Waals surface area contributed by atoms with Gasteiger partial charge in [-0.05, 0) is 18.1 Å². The number of hydrogen-bond donors (Lipinski definition) is 0. The molecular weight excluding hydrogens is 230 g/mol. The molecule has 0 saturated heterocycles. The zero-order valence-corrected chi connectivity index (χ0v) is 10.6. The van der Waals surface area contributed by atoms with Crippen molar-refractivity contribution in [1.29, 1.82) is 0 Å². The maximum absolute atomic E-state index is 11.8. The van der Waals surface area contributed by atoms with Crippen LogP contribution in [0.5, 0.6) is 0 Å². The number of ether oxygens (including phenoxy) is 1. The van der Waals surface area contributed by atoms with Crippen LogP contribution >= 0.6 is 0 Å². The van der Waals surface area contributed by atoms with Gasteiger partial charge in [-0.2, -0.15) is 0 Å². The van der Waals surface area contributed by atoms with Crippen LogP contribution in [-0.4, -0.2) is 37.5 Å². The van der Waals surface area contributed by atoms with Gasteiger partial charge in [0.1, 0.15) is 0 Å². The summed E-state index contributed by atoms with van der Waals surface area (Å²) < 4.78 is 4.84. The second-order valence-corrected chi connectivity index (χ2v) is 3.82. The molecule has 0 aromatic heterocycles. The third kappa shape index (κ3) is 4.14. The number of nitrogens with zero attached hydrogens (tertiary/aromatic N) is 1. The van der Waals surface area contributed by atoms with E-state index in [1.165, 1.54) is 13.2 Å². The number of carbonyl (C=O) groups is 2. The van der Waals surface area contributed by atoms with Crippen molar-refractivity contribution in [3.05, 3.63) is 42.0 Å². The molecule has 0 unspecified atom stereocenters. The molecule has 4 nitrogen and oxygen atoms in total. The van der Waals surface area contributed by atoms with Crippen molar-refractivity contribution in [2.75, 3.05) is 20.3 Å². The lowest BCUT2D eigenvalue weighted by molar-refractivity contribution is -0.135. The fraction of sp³-hybridized carbons (Fsp3) is 0.286. The fourth-order valence-electron chi connectivity index (χ4n) is 1.46. The van der Waals surface area contributed by atoms with Crippen LogP contribution in [-0.2, 0) is 14.3 Å². The first-order valence-corrected chi connectivity index (χ1v) is 5.67. The highest BCUT2D eigenvalue weighted by Crippen LogP contribution is 2.12. The number of amides is 2. The fourth-order valence-corrected chi connectivity index (χ4v) is 1.46. The van der Waals surface area contributed by atoms with Gasteiger partial charge >= 0.3 is 0 Å². The lowest BCUT2D eigenvalue weighted by Gasteiger charge is -2.13. The predicted octanol–water partition coefficient (Wildman–Crippen LogP) is 1.72. The molecule has 0 aliphatic carbocycles. The highest BCUT2D eigenvalue weighted by atomic mass is 16.5. The number of carbonyl (C=O) groups excluding carboxylic acids is 2. The molecule has 0 saturated carbocycles. The van der Waals surface area contributed by atoms with Gasteiger partial charge in [0.05, 0.1) is 13.2 Å². The molecule has 1 aromatic rings. The van der Waals surface area contributed by atoms with Crippen LogP contribution in [0, 0.1) is 0 Å². The first kappa shape index (κ1) is 14.1. The smallest absolute Gasteiger partial charge is 0.253 e. The Morgan fingerprint density at radius 2 is 2.00 bits per heavy atom. The number of rotatable bonds is 6. The zero-order valence-electron chi connectivity index (χ0n) is 10.6. The van der Waals surface area contributed by atoms with Crippen LogP contribution in [0.2, 0.25) is 0 Å². The molecule has 0 heterocycles. The Morgan fingerprint density at radius 3 is 2.56 bits per heavy atom. The molecule has 0 aliphatic heterocycles. The summed E-state index contributed by atoms with van der Waals surface area (Å²) in [6, 6.07) is 9.55. The molecular formula is C14H17NO3. The summed E-state index contributed by atoms with van der Waals surface area (Å²) >= 11 is 0. The van der Waals surface area contributed by atoms with E-state index >= 15 is 0 Å². The number of allylic oxidation sites excluding steroid dienone is 1. The third-order valence-electron chi connectivity index (χ3n) is 2.52. The first-order chi connectivity index (χ1) is 8.69. The van der Waals surface area contributed by atoms with E-state index in [-0.39, 0.29) is 12.5 Å². The maximum Gasteiger partial charge on any atom is 0.253 e. The second kappa shape index (κ2) is 7.40. The van der Waals surface area contributed by atoms with Crippen molar-refractivity contribution in [1.82, 2.24) is 4.90 Å². The molecule has 0 fully saturated rings. The van der Waals surface area contributed by atoms with Crippen molar-refractivity contribution < 1.29 is 14.3 Å². The predicted molar refractivity (Wildman–Crippen MR) is 69.7 cm³/mol. The van der Waals surface area contributed by atoms with Crippen molar-refractivity contribution in [2.45, 2.75) is 6.92 Å². The summed E-state index contributed by atoms with van der Waals surface area (Å²) in [7, 11) is 1.53. The molecule has 1 rings (SSSR count). The first-order valence-electron chi connectivity index (χ1n) is 5.67. The standard InChI is InChI=1S/C14H17NO3/c1-12(13-6-4-3-5-7-13)10-14(17)15(11-16)8-9-18-2/h3-7,10-11H,8-9H2,1-2H3. The van der Waals surface area contributed by atoms with E-state index in [9.17, 15) is 9.59 Å². The van der Waals surface area contributed by atoms with Gasteiger partial charge in [0.2, 0.25) is 6.41 Å². The Bertz CT molecular complexity index is 426. The van der Waals surface area contributed by atoms with Crippen LogP contribution < -0.4 is 0 Å². The lowest BCUT2D eigenvalue weighted by atomic mass is 10.1. The zero-order chi connectivity index (χ0) is 13.4. The van der Waals surface area contributed by atoms with Gasteiger partial charge in [0.15, 0.2) is 0 Å². The lowest BCUT2D eigenvalue weighted by Crippen LogP contribution is -2.31. The molecule has 0 bridgehead atoms.